The van der Waals surface area contributed by atoms with Crippen molar-refractivity contribution in [2.75, 3.05) is 0 Å². The summed E-state index contributed by atoms with van der Waals surface area (Å²) < 4.78 is 0. The van der Waals surface area contributed by atoms with E-state index in [1.165, 1.54) is 0 Å². The van der Waals surface area contributed by atoms with E-state index in [1.54, 1.807) is 6.92 Å². The Morgan fingerprint density at radius 1 is 1.24 bits per heavy atom. The molecule has 0 heterocycles. The van der Waals surface area contributed by atoms with Gasteiger partial charge in [-0.15, -0.1) is 12.4 Å². The molecule has 0 aliphatic heterocycles. The molecule has 1 aliphatic rings. The van der Waals surface area contributed by atoms with Crippen molar-refractivity contribution in [3.05, 3.63) is 0 Å². The second kappa shape index (κ2) is 8.59. The van der Waals surface area contributed by atoms with Gasteiger partial charge in [0.25, 0.3) is 0 Å². The topological polar surface area (TPSA) is 84.2 Å². The lowest BCUT2D eigenvalue weighted by atomic mass is 9.83. The Labute approximate surface area is 134 Å². The summed E-state index contributed by atoms with van der Waals surface area (Å²) in [7, 11) is 0. The number of hydrogen-bond donors (Lipinski definition) is 3. The second-order valence-corrected chi connectivity index (χ2v) is 6.94. The van der Waals surface area contributed by atoms with Gasteiger partial charge in [-0.05, 0) is 46.5 Å². The molecule has 124 valence electrons. The summed E-state index contributed by atoms with van der Waals surface area (Å²) in [4.78, 5) is 23.9. The molecule has 3 unspecified atom stereocenters. The van der Waals surface area contributed by atoms with Crippen LogP contribution >= 0.6 is 12.4 Å². The standard InChI is InChI=1S/C15H29N3O2.ClH/c1-10(14(20)18-15(2,3)4)17-13(19)9-11-7-5-6-8-12(11)16;/h10-12H,5-9,16H2,1-4H3,(H,17,19)(H,18,20);1H. The minimum absolute atomic E-state index is 0. The van der Waals surface area contributed by atoms with Gasteiger partial charge in [-0.3, -0.25) is 9.59 Å². The van der Waals surface area contributed by atoms with Crippen LogP contribution in [0.5, 0.6) is 0 Å². The van der Waals surface area contributed by atoms with Crippen molar-refractivity contribution in [3.63, 3.8) is 0 Å². The van der Waals surface area contributed by atoms with Gasteiger partial charge in [0.05, 0.1) is 0 Å². The Kier molecular flexibility index (Phi) is 8.26. The SMILES string of the molecule is CC(NC(=O)CC1CCCCC1N)C(=O)NC(C)(C)C.Cl. The van der Waals surface area contributed by atoms with E-state index in [0.717, 1.165) is 25.7 Å². The molecule has 2 amide bonds. The zero-order valence-electron chi connectivity index (χ0n) is 13.6. The van der Waals surface area contributed by atoms with Crippen LogP contribution in [0.4, 0.5) is 0 Å². The number of rotatable bonds is 4. The number of nitrogens with one attached hydrogen (secondary N) is 2. The van der Waals surface area contributed by atoms with Crippen LogP contribution in [0.3, 0.4) is 0 Å². The monoisotopic (exact) mass is 319 g/mol. The quantitative estimate of drug-likeness (QED) is 0.738. The summed E-state index contributed by atoms with van der Waals surface area (Å²) in [6, 6.07) is -0.394. The number of halogens is 1. The molecule has 0 radical (unpaired) electrons. The lowest BCUT2D eigenvalue weighted by Gasteiger charge is -2.28. The molecule has 0 saturated heterocycles. The fourth-order valence-corrected chi connectivity index (χ4v) is 2.57. The molecule has 1 aliphatic carbocycles. The van der Waals surface area contributed by atoms with Crippen LogP contribution in [-0.4, -0.2) is 29.4 Å². The summed E-state index contributed by atoms with van der Waals surface area (Å²) in [6.07, 6.45) is 4.73. The maximum Gasteiger partial charge on any atom is 0.242 e. The van der Waals surface area contributed by atoms with E-state index in [2.05, 4.69) is 10.6 Å². The van der Waals surface area contributed by atoms with Gasteiger partial charge in [-0.1, -0.05) is 12.8 Å². The Hall–Kier alpha value is -0.810. The van der Waals surface area contributed by atoms with Crippen LogP contribution in [0.1, 0.15) is 59.8 Å². The van der Waals surface area contributed by atoms with E-state index in [9.17, 15) is 9.59 Å². The van der Waals surface area contributed by atoms with Crippen molar-refractivity contribution < 1.29 is 9.59 Å². The van der Waals surface area contributed by atoms with Crippen molar-refractivity contribution >= 4 is 24.2 Å². The number of carbonyl (C=O) groups is 2. The van der Waals surface area contributed by atoms with Crippen LogP contribution in [-0.2, 0) is 9.59 Å². The minimum Gasteiger partial charge on any atom is -0.350 e. The lowest BCUT2D eigenvalue weighted by Crippen LogP contribution is -2.51. The molecule has 0 spiro atoms. The zero-order chi connectivity index (χ0) is 15.3. The van der Waals surface area contributed by atoms with Crippen molar-refractivity contribution in [2.24, 2.45) is 11.7 Å². The summed E-state index contributed by atoms with van der Waals surface area (Å²) in [5, 5.41) is 5.62. The van der Waals surface area contributed by atoms with Crippen molar-refractivity contribution in [1.82, 2.24) is 10.6 Å². The van der Waals surface area contributed by atoms with Crippen molar-refractivity contribution in [3.8, 4) is 0 Å². The van der Waals surface area contributed by atoms with Crippen LogP contribution in [0.2, 0.25) is 0 Å². The van der Waals surface area contributed by atoms with Crippen molar-refractivity contribution in [2.45, 2.75) is 77.4 Å². The highest BCUT2D eigenvalue weighted by atomic mass is 35.5. The molecule has 3 atom stereocenters. The summed E-state index contributed by atoms with van der Waals surface area (Å²) >= 11 is 0. The average molecular weight is 320 g/mol. The zero-order valence-corrected chi connectivity index (χ0v) is 14.4. The Bertz CT molecular complexity index is 355. The van der Waals surface area contributed by atoms with Gasteiger partial charge in [0.1, 0.15) is 6.04 Å². The molecule has 0 aromatic heterocycles. The smallest absolute Gasteiger partial charge is 0.242 e. The highest BCUT2D eigenvalue weighted by Crippen LogP contribution is 2.25. The van der Waals surface area contributed by atoms with Crippen LogP contribution in [0.15, 0.2) is 0 Å². The number of amides is 2. The van der Waals surface area contributed by atoms with Gasteiger partial charge < -0.3 is 16.4 Å². The van der Waals surface area contributed by atoms with Gasteiger partial charge >= 0.3 is 0 Å². The van der Waals surface area contributed by atoms with Gasteiger partial charge in [-0.25, -0.2) is 0 Å². The summed E-state index contributed by atoms with van der Waals surface area (Å²) in [5.74, 6) is 0.0179. The maximum absolute atomic E-state index is 12.0. The molecule has 6 heteroatoms. The van der Waals surface area contributed by atoms with E-state index < -0.39 is 6.04 Å². The third kappa shape index (κ3) is 7.67. The largest absolute Gasteiger partial charge is 0.350 e. The molecule has 0 aromatic rings. The number of nitrogens with two attached hydrogens (primary N) is 1. The molecule has 1 rings (SSSR count). The predicted octanol–water partition coefficient (Wildman–Crippen LogP) is 1.74. The van der Waals surface area contributed by atoms with Crippen LogP contribution in [0.25, 0.3) is 0 Å². The van der Waals surface area contributed by atoms with Gasteiger partial charge in [-0.2, -0.15) is 0 Å². The van der Waals surface area contributed by atoms with Gasteiger partial charge in [0, 0.05) is 18.0 Å². The molecule has 0 aromatic carbocycles. The molecule has 5 nitrogen and oxygen atoms in total. The van der Waals surface area contributed by atoms with Crippen LogP contribution < -0.4 is 16.4 Å². The average Bonchev–Trinajstić information content (AvgIpc) is 2.29. The lowest BCUT2D eigenvalue weighted by molar-refractivity contribution is -0.130. The first-order valence-corrected chi connectivity index (χ1v) is 7.56. The van der Waals surface area contributed by atoms with E-state index in [-0.39, 0.29) is 41.7 Å². The Balaban J connectivity index is 0.00000400. The first kappa shape index (κ1) is 20.2. The van der Waals surface area contributed by atoms with Gasteiger partial charge in [0.2, 0.25) is 11.8 Å². The Morgan fingerprint density at radius 3 is 2.33 bits per heavy atom. The summed E-state index contributed by atoms with van der Waals surface area (Å²) in [5.41, 5.74) is 5.75. The molecule has 21 heavy (non-hydrogen) atoms. The van der Waals surface area contributed by atoms with Crippen LogP contribution in [0, 0.1) is 5.92 Å². The fourth-order valence-electron chi connectivity index (χ4n) is 2.57. The molecular formula is C15H30ClN3O2. The highest BCUT2D eigenvalue weighted by Gasteiger charge is 2.26. The fraction of sp³-hybridized carbons (Fsp3) is 0.867. The summed E-state index contributed by atoms with van der Waals surface area (Å²) in [6.45, 7) is 7.46. The number of carbonyl (C=O) groups excluding carboxylic acids is 2. The third-order valence-electron chi connectivity index (χ3n) is 3.68. The molecule has 1 saturated carbocycles. The Morgan fingerprint density at radius 2 is 1.81 bits per heavy atom. The minimum atomic E-state index is -0.512. The second-order valence-electron chi connectivity index (χ2n) is 6.94. The molecule has 0 bridgehead atoms. The number of hydrogen-bond acceptors (Lipinski definition) is 3. The van der Waals surface area contributed by atoms with Gasteiger partial charge in [0.15, 0.2) is 0 Å². The molecule has 1 fully saturated rings. The first-order chi connectivity index (χ1) is 9.19. The van der Waals surface area contributed by atoms with E-state index in [1.807, 2.05) is 20.8 Å². The van der Waals surface area contributed by atoms with E-state index >= 15 is 0 Å². The highest BCUT2D eigenvalue weighted by molar-refractivity contribution is 5.87. The van der Waals surface area contributed by atoms with E-state index in [0.29, 0.717) is 6.42 Å². The predicted molar refractivity (Wildman–Crippen MR) is 87.3 cm³/mol. The molecule has 4 N–H and O–H groups in total. The molecular weight excluding hydrogens is 290 g/mol. The van der Waals surface area contributed by atoms with Crippen molar-refractivity contribution in [1.29, 1.82) is 0 Å². The third-order valence-corrected chi connectivity index (χ3v) is 3.68. The first-order valence-electron chi connectivity index (χ1n) is 7.56. The van der Waals surface area contributed by atoms with E-state index in [4.69, 9.17) is 5.73 Å². The maximum atomic E-state index is 12.0. The normalized spacial score (nSPS) is 23.7.